The number of hydrogen-bond donors (Lipinski definition) is 3. The fraction of sp³-hybridized carbons (Fsp3) is 0.632. The highest BCUT2D eigenvalue weighted by Gasteiger charge is 2.42. The maximum atomic E-state index is 5.57. The zero-order valence-electron chi connectivity index (χ0n) is 14.7. The fourth-order valence-corrected chi connectivity index (χ4v) is 4.37. The monoisotopic (exact) mass is 348 g/mol. The molecule has 0 unspecified atom stereocenters. The molecule has 0 spiro atoms. The number of thiocarbonyl (C=S) groups is 1. The van der Waals surface area contributed by atoms with Gasteiger partial charge in [-0.25, -0.2) is 0 Å². The molecule has 0 amide bonds. The molecule has 3 rings (SSSR count). The van der Waals surface area contributed by atoms with E-state index in [2.05, 4.69) is 41.8 Å². The van der Waals surface area contributed by atoms with Crippen LogP contribution in [0.3, 0.4) is 0 Å². The van der Waals surface area contributed by atoms with Crippen molar-refractivity contribution in [3.63, 3.8) is 0 Å². The average Bonchev–Trinajstić information content (AvgIpc) is 2.62. The van der Waals surface area contributed by atoms with E-state index in [4.69, 9.17) is 17.0 Å². The van der Waals surface area contributed by atoms with Gasteiger partial charge in [0.15, 0.2) is 5.11 Å². The van der Waals surface area contributed by atoms with Crippen LogP contribution in [-0.2, 0) is 4.74 Å². The van der Waals surface area contributed by atoms with Crippen molar-refractivity contribution in [1.29, 1.82) is 0 Å². The molecule has 0 aromatic heterocycles. The fourth-order valence-electron chi connectivity index (χ4n) is 4.18. The van der Waals surface area contributed by atoms with Gasteiger partial charge in [-0.3, -0.25) is 0 Å². The molecule has 2 aliphatic rings. The Morgan fingerprint density at radius 3 is 2.67 bits per heavy atom. The van der Waals surface area contributed by atoms with E-state index in [9.17, 15) is 0 Å². The van der Waals surface area contributed by atoms with Crippen LogP contribution in [0.25, 0.3) is 0 Å². The first kappa shape index (κ1) is 17.6. The normalized spacial score (nSPS) is 21.2. The van der Waals surface area contributed by atoms with E-state index in [0.717, 1.165) is 43.6 Å². The molecule has 132 valence electrons. The Balaban J connectivity index is 1.59. The molecule has 3 N–H and O–H groups in total. The van der Waals surface area contributed by atoms with Gasteiger partial charge >= 0.3 is 0 Å². The zero-order valence-corrected chi connectivity index (χ0v) is 15.5. The lowest BCUT2D eigenvalue weighted by molar-refractivity contribution is -0.960. The lowest BCUT2D eigenvalue weighted by atomic mass is 9.80. The summed E-state index contributed by atoms with van der Waals surface area (Å²) in [6, 6.07) is 8.34. The molecule has 1 saturated heterocycles. The average molecular weight is 349 g/mol. The van der Waals surface area contributed by atoms with Gasteiger partial charge in [0.1, 0.15) is 18.6 Å². The second kappa shape index (κ2) is 8.28. The Morgan fingerprint density at radius 2 is 1.96 bits per heavy atom. The number of benzene rings is 1. The Bertz CT molecular complexity index is 551. The summed E-state index contributed by atoms with van der Waals surface area (Å²) in [6.07, 6.45) is 6.64. The maximum Gasteiger partial charge on any atom is 0.171 e. The zero-order chi connectivity index (χ0) is 16.8. The number of hydrogen-bond acceptors (Lipinski definition) is 2. The van der Waals surface area contributed by atoms with E-state index in [1.165, 1.54) is 37.7 Å². The first-order chi connectivity index (χ1) is 11.7. The molecule has 2 fully saturated rings. The summed E-state index contributed by atoms with van der Waals surface area (Å²) >= 11 is 5.54. The predicted octanol–water partition coefficient (Wildman–Crippen LogP) is 1.90. The van der Waals surface area contributed by atoms with Crippen molar-refractivity contribution in [3.05, 3.63) is 29.8 Å². The Kier molecular flexibility index (Phi) is 6.09. The highest BCUT2D eigenvalue weighted by molar-refractivity contribution is 7.80. The Morgan fingerprint density at radius 1 is 1.21 bits per heavy atom. The summed E-state index contributed by atoms with van der Waals surface area (Å²) in [5.74, 6) is 0. The largest absolute Gasteiger partial charge is 0.370 e. The van der Waals surface area contributed by atoms with E-state index in [0.29, 0.717) is 5.54 Å². The van der Waals surface area contributed by atoms with Crippen LogP contribution in [-0.4, -0.2) is 43.5 Å². The van der Waals surface area contributed by atoms with E-state index < -0.39 is 0 Å². The molecule has 1 saturated carbocycles. The second-order valence-electron chi connectivity index (χ2n) is 7.23. The van der Waals surface area contributed by atoms with Gasteiger partial charge in [0, 0.05) is 18.5 Å². The molecule has 0 radical (unpaired) electrons. The molecular weight excluding hydrogens is 318 g/mol. The minimum atomic E-state index is 0.320. The van der Waals surface area contributed by atoms with Crippen LogP contribution in [0.5, 0.6) is 0 Å². The highest BCUT2D eigenvalue weighted by Crippen LogP contribution is 2.25. The molecular formula is C19H30N3OS+. The quantitative estimate of drug-likeness (QED) is 0.727. The minimum absolute atomic E-state index is 0.320. The molecule has 0 atom stereocenters. The van der Waals surface area contributed by atoms with Gasteiger partial charge in [-0.2, -0.15) is 0 Å². The molecule has 1 aliphatic carbocycles. The lowest BCUT2D eigenvalue weighted by Crippen LogP contribution is -3.23. The van der Waals surface area contributed by atoms with E-state index in [1.807, 2.05) is 0 Å². The standard InChI is InChI=1S/C19H29N3OS/c1-16-6-5-7-17(14-16)21-18(24)20-15-19(8-3-2-4-9-19)22-10-12-23-13-11-22/h5-7,14H,2-4,8-13,15H2,1H3,(H2,20,21,24)/p+1. The third kappa shape index (κ3) is 4.47. The van der Waals surface area contributed by atoms with Crippen LogP contribution in [0.15, 0.2) is 24.3 Å². The first-order valence-electron chi connectivity index (χ1n) is 9.22. The van der Waals surface area contributed by atoms with Gasteiger partial charge in [-0.05, 0) is 49.7 Å². The van der Waals surface area contributed by atoms with Gasteiger partial charge in [0.2, 0.25) is 0 Å². The number of ether oxygens (including phenoxy) is 1. The third-order valence-electron chi connectivity index (χ3n) is 5.52. The summed E-state index contributed by atoms with van der Waals surface area (Å²) in [5, 5.41) is 7.58. The Labute approximate surface area is 150 Å². The number of aryl methyl sites for hydroxylation is 1. The molecule has 0 bridgehead atoms. The van der Waals surface area contributed by atoms with E-state index >= 15 is 0 Å². The van der Waals surface area contributed by atoms with Crippen LogP contribution in [0.2, 0.25) is 0 Å². The molecule has 1 aromatic rings. The number of rotatable bonds is 4. The number of nitrogens with one attached hydrogen (secondary N) is 3. The Hall–Kier alpha value is -1.17. The van der Waals surface area contributed by atoms with Crippen molar-refractivity contribution in [2.75, 3.05) is 38.2 Å². The summed E-state index contributed by atoms with van der Waals surface area (Å²) < 4.78 is 5.57. The number of anilines is 1. The van der Waals surface area contributed by atoms with Crippen molar-refractivity contribution in [3.8, 4) is 0 Å². The molecule has 1 heterocycles. The van der Waals surface area contributed by atoms with Crippen molar-refractivity contribution in [1.82, 2.24) is 5.32 Å². The van der Waals surface area contributed by atoms with Crippen molar-refractivity contribution >= 4 is 23.0 Å². The smallest absolute Gasteiger partial charge is 0.171 e. The van der Waals surface area contributed by atoms with E-state index in [1.54, 1.807) is 4.90 Å². The summed E-state index contributed by atoms with van der Waals surface area (Å²) in [6.45, 7) is 7.09. The lowest BCUT2D eigenvalue weighted by Gasteiger charge is -2.45. The van der Waals surface area contributed by atoms with Crippen LogP contribution in [0.4, 0.5) is 5.69 Å². The van der Waals surface area contributed by atoms with Gasteiger partial charge < -0.3 is 20.3 Å². The van der Waals surface area contributed by atoms with Gasteiger partial charge in [0.05, 0.1) is 19.8 Å². The third-order valence-corrected chi connectivity index (χ3v) is 5.77. The number of morpholine rings is 1. The molecule has 4 nitrogen and oxygen atoms in total. The molecule has 1 aromatic carbocycles. The summed E-state index contributed by atoms with van der Waals surface area (Å²) in [4.78, 5) is 1.71. The van der Waals surface area contributed by atoms with Gasteiger partial charge in [-0.15, -0.1) is 0 Å². The number of quaternary nitrogens is 1. The topological polar surface area (TPSA) is 37.7 Å². The predicted molar refractivity (Wildman–Crippen MR) is 103 cm³/mol. The molecule has 5 heteroatoms. The van der Waals surface area contributed by atoms with Crippen LogP contribution < -0.4 is 15.5 Å². The first-order valence-corrected chi connectivity index (χ1v) is 9.63. The minimum Gasteiger partial charge on any atom is -0.370 e. The second-order valence-corrected chi connectivity index (χ2v) is 7.64. The van der Waals surface area contributed by atoms with Crippen molar-refractivity contribution < 1.29 is 9.64 Å². The van der Waals surface area contributed by atoms with Crippen LogP contribution >= 0.6 is 12.2 Å². The van der Waals surface area contributed by atoms with E-state index in [-0.39, 0.29) is 0 Å². The van der Waals surface area contributed by atoms with Crippen LogP contribution in [0, 0.1) is 6.92 Å². The maximum absolute atomic E-state index is 5.57. The highest BCUT2D eigenvalue weighted by atomic mass is 32.1. The van der Waals surface area contributed by atoms with Gasteiger partial charge in [0.25, 0.3) is 0 Å². The van der Waals surface area contributed by atoms with Crippen molar-refractivity contribution in [2.24, 2.45) is 0 Å². The SMILES string of the molecule is Cc1cccc(NC(=S)NCC2([NH+]3CCOCC3)CCCCC2)c1. The summed E-state index contributed by atoms with van der Waals surface area (Å²) in [5.41, 5.74) is 2.62. The summed E-state index contributed by atoms with van der Waals surface area (Å²) in [7, 11) is 0. The molecule has 1 aliphatic heterocycles. The molecule has 24 heavy (non-hydrogen) atoms. The van der Waals surface area contributed by atoms with Crippen LogP contribution in [0.1, 0.15) is 37.7 Å². The van der Waals surface area contributed by atoms with Gasteiger partial charge in [-0.1, -0.05) is 18.6 Å². The van der Waals surface area contributed by atoms with Crippen molar-refractivity contribution in [2.45, 2.75) is 44.6 Å².